The Balaban J connectivity index is 4.24. The summed E-state index contributed by atoms with van der Waals surface area (Å²) in [6.45, 7) is 6.67. The van der Waals surface area contributed by atoms with E-state index in [4.69, 9.17) is 14.2 Å². The highest BCUT2D eigenvalue weighted by Crippen LogP contribution is 2.18. The van der Waals surface area contributed by atoms with Crippen LogP contribution in [0.5, 0.6) is 0 Å². The molecule has 0 aromatic heterocycles. The summed E-state index contributed by atoms with van der Waals surface area (Å²) in [5.41, 5.74) is 0. The highest BCUT2D eigenvalue weighted by Gasteiger charge is 2.19. The molecule has 1 atom stereocenters. The molecule has 6 nitrogen and oxygen atoms in total. The molecule has 0 amide bonds. The molecule has 0 heterocycles. The standard InChI is InChI=1S/C72H134O6/c1-4-7-10-13-16-19-22-25-28-30-32-33-34-35-36-37-38-39-40-42-44-47-50-53-56-59-62-65-71(74)77-68-69(67-76-70(73)64-61-58-55-52-49-46-43-27-24-21-18-15-12-9-6-3)78-72(75)66-63-60-57-54-51-48-45-41-31-29-26-23-20-17-14-11-8-5-2/h18,21,27,29,31,43,69H,4-17,19-20,22-26,28,30,32-42,44-68H2,1-3H3/b21-18-,31-29-,43-27-. The van der Waals surface area contributed by atoms with Crippen molar-refractivity contribution in [1.29, 1.82) is 0 Å². The molecule has 1 unspecified atom stereocenters. The fourth-order valence-electron chi connectivity index (χ4n) is 10.6. The van der Waals surface area contributed by atoms with Gasteiger partial charge in [-0.25, -0.2) is 0 Å². The molecule has 6 heteroatoms. The van der Waals surface area contributed by atoms with Gasteiger partial charge in [0.05, 0.1) is 0 Å². The summed E-state index contributed by atoms with van der Waals surface area (Å²) >= 11 is 0. The molecule has 458 valence electrons. The average molecular weight is 1100 g/mol. The SMILES string of the molecule is CCCCC/C=C\C/C=C\CCCCCCCC(=O)OCC(COC(=O)CCCCCCCCCCCCCCCCCCCCCCCCCCCCC)OC(=O)CCCCCCCCC/C=C\CCCCCCCCC. The van der Waals surface area contributed by atoms with E-state index in [1.807, 2.05) is 0 Å². The van der Waals surface area contributed by atoms with E-state index in [0.29, 0.717) is 19.3 Å². The van der Waals surface area contributed by atoms with Crippen LogP contribution in [0.1, 0.15) is 387 Å². The topological polar surface area (TPSA) is 78.9 Å². The molecule has 0 bridgehead atoms. The average Bonchev–Trinajstić information content (AvgIpc) is 3.44. The number of rotatable bonds is 65. The predicted octanol–water partition coefficient (Wildman–Crippen LogP) is 23.9. The van der Waals surface area contributed by atoms with Gasteiger partial charge in [0.2, 0.25) is 0 Å². The van der Waals surface area contributed by atoms with Crippen molar-refractivity contribution in [3.05, 3.63) is 36.5 Å². The molecule has 0 aliphatic carbocycles. The molecule has 0 aromatic rings. The third-order valence-corrected chi connectivity index (χ3v) is 15.9. The van der Waals surface area contributed by atoms with Crippen molar-refractivity contribution in [2.45, 2.75) is 393 Å². The van der Waals surface area contributed by atoms with Gasteiger partial charge in [-0.1, -0.05) is 327 Å². The van der Waals surface area contributed by atoms with Crippen LogP contribution in [0.25, 0.3) is 0 Å². The lowest BCUT2D eigenvalue weighted by Crippen LogP contribution is -2.30. The number of hydrogen-bond donors (Lipinski definition) is 0. The first-order valence-electron chi connectivity index (χ1n) is 35.0. The molecule has 0 saturated carbocycles. The van der Waals surface area contributed by atoms with Crippen LogP contribution < -0.4 is 0 Å². The van der Waals surface area contributed by atoms with Crippen molar-refractivity contribution < 1.29 is 28.6 Å². The van der Waals surface area contributed by atoms with Gasteiger partial charge >= 0.3 is 17.9 Å². The van der Waals surface area contributed by atoms with Gasteiger partial charge < -0.3 is 14.2 Å². The zero-order valence-electron chi connectivity index (χ0n) is 52.7. The van der Waals surface area contributed by atoms with Gasteiger partial charge in [0.1, 0.15) is 13.2 Å². The maximum atomic E-state index is 12.9. The second-order valence-electron chi connectivity index (χ2n) is 23.8. The Morgan fingerprint density at radius 3 is 0.744 bits per heavy atom. The molecule has 0 fully saturated rings. The molecule has 0 aliphatic heterocycles. The Morgan fingerprint density at radius 1 is 0.256 bits per heavy atom. The van der Waals surface area contributed by atoms with Gasteiger partial charge in [0.15, 0.2) is 6.10 Å². The molecule has 0 rings (SSSR count). The van der Waals surface area contributed by atoms with Crippen molar-refractivity contribution in [1.82, 2.24) is 0 Å². The van der Waals surface area contributed by atoms with Crippen molar-refractivity contribution in [3.8, 4) is 0 Å². The normalized spacial score (nSPS) is 12.2. The van der Waals surface area contributed by atoms with Crippen molar-refractivity contribution in [2.24, 2.45) is 0 Å². The summed E-state index contributed by atoms with van der Waals surface area (Å²) in [6.07, 6.45) is 83.2. The van der Waals surface area contributed by atoms with Gasteiger partial charge in [0.25, 0.3) is 0 Å². The zero-order chi connectivity index (χ0) is 56.4. The van der Waals surface area contributed by atoms with Crippen LogP contribution in [0.15, 0.2) is 36.5 Å². The van der Waals surface area contributed by atoms with Gasteiger partial charge in [-0.05, 0) is 77.0 Å². The minimum atomic E-state index is -0.779. The molecule has 78 heavy (non-hydrogen) atoms. The van der Waals surface area contributed by atoms with Gasteiger partial charge in [0, 0.05) is 19.3 Å². The first-order chi connectivity index (χ1) is 38.5. The fourth-order valence-corrected chi connectivity index (χ4v) is 10.6. The lowest BCUT2D eigenvalue weighted by atomic mass is 10.0. The fraction of sp³-hybridized carbons (Fsp3) is 0.875. The van der Waals surface area contributed by atoms with Crippen LogP contribution in [-0.2, 0) is 28.6 Å². The van der Waals surface area contributed by atoms with E-state index >= 15 is 0 Å². The first kappa shape index (κ1) is 75.6. The third kappa shape index (κ3) is 64.5. The number of unbranched alkanes of at least 4 members (excludes halogenated alkanes) is 48. The van der Waals surface area contributed by atoms with Crippen LogP contribution in [0, 0.1) is 0 Å². The second kappa shape index (κ2) is 67.1. The minimum absolute atomic E-state index is 0.0740. The minimum Gasteiger partial charge on any atom is -0.462 e. The predicted molar refractivity (Wildman–Crippen MR) is 339 cm³/mol. The largest absolute Gasteiger partial charge is 0.462 e. The Labute approximate surface area is 486 Å². The Hall–Kier alpha value is -2.37. The van der Waals surface area contributed by atoms with E-state index in [2.05, 4.69) is 57.2 Å². The molecular formula is C72H134O6. The van der Waals surface area contributed by atoms with Gasteiger partial charge in [-0.15, -0.1) is 0 Å². The Kier molecular flexibility index (Phi) is 65.1. The molecule has 0 saturated heterocycles. The smallest absolute Gasteiger partial charge is 0.306 e. The van der Waals surface area contributed by atoms with Crippen LogP contribution in [0.2, 0.25) is 0 Å². The van der Waals surface area contributed by atoms with E-state index < -0.39 is 6.10 Å². The number of ether oxygens (including phenoxy) is 3. The van der Waals surface area contributed by atoms with Crippen molar-refractivity contribution >= 4 is 17.9 Å². The van der Waals surface area contributed by atoms with E-state index in [-0.39, 0.29) is 31.1 Å². The summed E-state index contributed by atoms with van der Waals surface area (Å²) < 4.78 is 17.0. The van der Waals surface area contributed by atoms with E-state index in [9.17, 15) is 14.4 Å². The molecule has 0 N–H and O–H groups in total. The molecular weight excluding hydrogens is 961 g/mol. The summed E-state index contributed by atoms with van der Waals surface area (Å²) in [7, 11) is 0. The molecule has 0 aliphatic rings. The first-order valence-corrected chi connectivity index (χ1v) is 35.0. The van der Waals surface area contributed by atoms with Crippen LogP contribution >= 0.6 is 0 Å². The zero-order valence-corrected chi connectivity index (χ0v) is 52.7. The number of carbonyl (C=O) groups excluding carboxylic acids is 3. The maximum Gasteiger partial charge on any atom is 0.306 e. The van der Waals surface area contributed by atoms with Gasteiger partial charge in [-0.3, -0.25) is 14.4 Å². The second-order valence-corrected chi connectivity index (χ2v) is 23.8. The number of esters is 3. The maximum absolute atomic E-state index is 12.9. The summed E-state index contributed by atoms with van der Waals surface area (Å²) in [5.74, 6) is -0.866. The Morgan fingerprint density at radius 2 is 0.462 bits per heavy atom. The molecule has 0 spiro atoms. The van der Waals surface area contributed by atoms with E-state index in [0.717, 1.165) is 77.0 Å². The van der Waals surface area contributed by atoms with Crippen molar-refractivity contribution in [3.63, 3.8) is 0 Å². The summed E-state index contributed by atoms with van der Waals surface area (Å²) in [4.78, 5) is 38.4. The highest BCUT2D eigenvalue weighted by molar-refractivity contribution is 5.71. The quantitative estimate of drug-likeness (QED) is 0.0261. The number of allylic oxidation sites excluding steroid dienone is 6. The monoisotopic (exact) mass is 1100 g/mol. The summed E-state index contributed by atoms with van der Waals surface area (Å²) in [6, 6.07) is 0. The number of hydrogen-bond acceptors (Lipinski definition) is 6. The molecule has 0 radical (unpaired) electrons. The lowest BCUT2D eigenvalue weighted by molar-refractivity contribution is -0.167. The Bertz CT molecular complexity index is 1300. The van der Waals surface area contributed by atoms with E-state index in [1.54, 1.807) is 0 Å². The van der Waals surface area contributed by atoms with Crippen LogP contribution in [-0.4, -0.2) is 37.2 Å². The van der Waals surface area contributed by atoms with Crippen LogP contribution in [0.4, 0.5) is 0 Å². The lowest BCUT2D eigenvalue weighted by Gasteiger charge is -2.18. The number of carbonyl (C=O) groups is 3. The highest BCUT2D eigenvalue weighted by atomic mass is 16.6. The third-order valence-electron chi connectivity index (χ3n) is 15.9. The van der Waals surface area contributed by atoms with Crippen molar-refractivity contribution in [2.75, 3.05) is 13.2 Å². The van der Waals surface area contributed by atoms with E-state index in [1.165, 1.54) is 270 Å². The van der Waals surface area contributed by atoms with Gasteiger partial charge in [-0.2, -0.15) is 0 Å². The molecule has 0 aromatic carbocycles. The summed E-state index contributed by atoms with van der Waals surface area (Å²) in [5, 5.41) is 0. The van der Waals surface area contributed by atoms with Crippen LogP contribution in [0.3, 0.4) is 0 Å².